The summed E-state index contributed by atoms with van der Waals surface area (Å²) in [6.45, 7) is 5.70. The molecular formula is C17H23N3O2. The standard InChI is InChI=1S/C17H23N3O2/c1-3-17(11-21)6-8-20(9-7-17)16(22)15-13-10-12(2)4-5-14(13)18-19-15/h4-5,10,21H,3,6-9,11H2,1-2H3,(H,18,19). The van der Waals surface area contributed by atoms with Crippen LogP contribution in [0.25, 0.3) is 10.9 Å². The average molecular weight is 301 g/mol. The number of rotatable bonds is 3. The van der Waals surface area contributed by atoms with Crippen LogP contribution in [0.5, 0.6) is 0 Å². The zero-order valence-electron chi connectivity index (χ0n) is 13.2. The van der Waals surface area contributed by atoms with Crippen LogP contribution in [-0.2, 0) is 0 Å². The minimum Gasteiger partial charge on any atom is -0.396 e. The molecular weight excluding hydrogens is 278 g/mol. The number of aromatic amines is 1. The maximum Gasteiger partial charge on any atom is 0.274 e. The maximum atomic E-state index is 12.8. The number of benzene rings is 1. The number of likely N-dealkylation sites (tertiary alicyclic amines) is 1. The number of aromatic nitrogens is 2. The molecule has 1 aromatic heterocycles. The van der Waals surface area contributed by atoms with Gasteiger partial charge in [0.1, 0.15) is 0 Å². The molecule has 22 heavy (non-hydrogen) atoms. The first-order chi connectivity index (χ1) is 10.6. The average Bonchev–Trinajstić information content (AvgIpc) is 2.97. The molecule has 1 fully saturated rings. The molecule has 118 valence electrons. The van der Waals surface area contributed by atoms with Gasteiger partial charge >= 0.3 is 0 Å². The Hall–Kier alpha value is -1.88. The molecule has 2 N–H and O–H groups in total. The van der Waals surface area contributed by atoms with Crippen LogP contribution in [0.1, 0.15) is 42.2 Å². The van der Waals surface area contributed by atoms with Crippen molar-refractivity contribution in [3.63, 3.8) is 0 Å². The third-order valence-electron chi connectivity index (χ3n) is 5.12. The lowest BCUT2D eigenvalue weighted by atomic mass is 9.77. The van der Waals surface area contributed by atoms with Crippen LogP contribution in [0.3, 0.4) is 0 Å². The minimum absolute atomic E-state index is 0.0129. The zero-order valence-corrected chi connectivity index (χ0v) is 13.2. The Morgan fingerprint density at radius 1 is 1.41 bits per heavy atom. The lowest BCUT2D eigenvalue weighted by Crippen LogP contribution is -2.44. The number of piperidine rings is 1. The highest BCUT2D eigenvalue weighted by atomic mass is 16.3. The molecule has 0 spiro atoms. The Labute approximate surface area is 130 Å². The van der Waals surface area contributed by atoms with Gasteiger partial charge in [-0.3, -0.25) is 9.89 Å². The van der Waals surface area contributed by atoms with E-state index >= 15 is 0 Å². The molecule has 1 aromatic carbocycles. The summed E-state index contributed by atoms with van der Waals surface area (Å²) in [5.74, 6) is -0.0144. The van der Waals surface area contributed by atoms with Crippen LogP contribution in [0.2, 0.25) is 0 Å². The van der Waals surface area contributed by atoms with Crippen molar-refractivity contribution in [2.45, 2.75) is 33.1 Å². The molecule has 3 rings (SSSR count). The first-order valence-electron chi connectivity index (χ1n) is 7.93. The largest absolute Gasteiger partial charge is 0.396 e. The van der Waals surface area contributed by atoms with Crippen molar-refractivity contribution >= 4 is 16.8 Å². The second-order valence-corrected chi connectivity index (χ2v) is 6.43. The summed E-state index contributed by atoms with van der Waals surface area (Å²) >= 11 is 0. The van der Waals surface area contributed by atoms with Gasteiger partial charge in [-0.15, -0.1) is 0 Å². The fourth-order valence-electron chi connectivity index (χ4n) is 3.25. The number of nitrogens with zero attached hydrogens (tertiary/aromatic N) is 2. The monoisotopic (exact) mass is 301 g/mol. The molecule has 2 heterocycles. The number of carbonyl (C=O) groups excluding carboxylic acids is 1. The summed E-state index contributed by atoms with van der Waals surface area (Å²) in [6.07, 6.45) is 2.66. The fraction of sp³-hybridized carbons (Fsp3) is 0.529. The van der Waals surface area contributed by atoms with Gasteiger partial charge < -0.3 is 10.0 Å². The summed E-state index contributed by atoms with van der Waals surface area (Å²) in [7, 11) is 0. The van der Waals surface area contributed by atoms with Gasteiger partial charge in [0.2, 0.25) is 0 Å². The number of aliphatic hydroxyl groups excluding tert-OH is 1. The number of fused-ring (bicyclic) bond motifs is 1. The van der Waals surface area contributed by atoms with Gasteiger partial charge in [-0.2, -0.15) is 5.10 Å². The van der Waals surface area contributed by atoms with Crippen LogP contribution < -0.4 is 0 Å². The molecule has 1 amide bonds. The summed E-state index contributed by atoms with van der Waals surface area (Å²) in [4.78, 5) is 14.6. The molecule has 2 aromatic rings. The van der Waals surface area contributed by atoms with E-state index in [-0.39, 0.29) is 17.9 Å². The van der Waals surface area contributed by atoms with Gasteiger partial charge in [0, 0.05) is 25.1 Å². The predicted molar refractivity (Wildman–Crippen MR) is 85.8 cm³/mol. The van der Waals surface area contributed by atoms with Gasteiger partial charge in [-0.05, 0) is 43.7 Å². The molecule has 0 atom stereocenters. The number of carbonyl (C=O) groups is 1. The molecule has 0 unspecified atom stereocenters. The van der Waals surface area contributed by atoms with Crippen molar-refractivity contribution < 1.29 is 9.90 Å². The van der Waals surface area contributed by atoms with Gasteiger partial charge in [-0.1, -0.05) is 18.6 Å². The van der Waals surface area contributed by atoms with Gasteiger partial charge in [0.05, 0.1) is 5.52 Å². The highest BCUT2D eigenvalue weighted by molar-refractivity contribution is 6.04. The molecule has 0 aliphatic carbocycles. The molecule has 0 radical (unpaired) electrons. The second-order valence-electron chi connectivity index (χ2n) is 6.43. The van der Waals surface area contributed by atoms with E-state index in [1.165, 1.54) is 0 Å². The summed E-state index contributed by atoms with van der Waals surface area (Å²) < 4.78 is 0. The first kappa shape index (κ1) is 15.0. The van der Waals surface area contributed by atoms with Crippen LogP contribution in [0.15, 0.2) is 18.2 Å². The Morgan fingerprint density at radius 3 is 2.77 bits per heavy atom. The quantitative estimate of drug-likeness (QED) is 0.915. The van der Waals surface area contributed by atoms with E-state index < -0.39 is 0 Å². The van der Waals surface area contributed by atoms with E-state index in [1.54, 1.807) is 0 Å². The van der Waals surface area contributed by atoms with E-state index in [1.807, 2.05) is 30.0 Å². The normalized spacial score (nSPS) is 17.9. The van der Waals surface area contributed by atoms with Crippen LogP contribution in [0, 0.1) is 12.3 Å². The SMILES string of the molecule is CCC1(CO)CCN(C(=O)c2n[nH]c3ccc(C)cc23)CC1. The minimum atomic E-state index is -0.0144. The van der Waals surface area contributed by atoms with E-state index in [0.29, 0.717) is 18.8 Å². The third kappa shape index (κ3) is 2.50. The molecule has 0 bridgehead atoms. The Kier molecular flexibility index (Phi) is 3.91. The number of hydrogen-bond donors (Lipinski definition) is 2. The van der Waals surface area contributed by atoms with Crippen LogP contribution >= 0.6 is 0 Å². The van der Waals surface area contributed by atoms with Gasteiger partial charge in [-0.25, -0.2) is 0 Å². The summed E-state index contributed by atoms with van der Waals surface area (Å²) in [5.41, 5.74) is 2.50. The van der Waals surface area contributed by atoms with E-state index in [0.717, 1.165) is 35.7 Å². The molecule has 1 aliphatic heterocycles. The maximum absolute atomic E-state index is 12.8. The van der Waals surface area contributed by atoms with Crippen LogP contribution in [0.4, 0.5) is 0 Å². The van der Waals surface area contributed by atoms with Crippen molar-refractivity contribution in [2.75, 3.05) is 19.7 Å². The highest BCUT2D eigenvalue weighted by Crippen LogP contribution is 2.34. The van der Waals surface area contributed by atoms with Crippen molar-refractivity contribution in [2.24, 2.45) is 5.41 Å². The number of aliphatic hydroxyl groups is 1. The number of hydrogen-bond acceptors (Lipinski definition) is 3. The van der Waals surface area contributed by atoms with E-state index in [2.05, 4.69) is 17.1 Å². The smallest absolute Gasteiger partial charge is 0.274 e. The van der Waals surface area contributed by atoms with Crippen molar-refractivity contribution in [3.05, 3.63) is 29.5 Å². The summed E-state index contributed by atoms with van der Waals surface area (Å²) in [6, 6.07) is 5.96. The molecule has 5 heteroatoms. The lowest BCUT2D eigenvalue weighted by molar-refractivity contribution is 0.0336. The third-order valence-corrected chi connectivity index (χ3v) is 5.12. The highest BCUT2D eigenvalue weighted by Gasteiger charge is 2.34. The van der Waals surface area contributed by atoms with Crippen molar-refractivity contribution in [1.29, 1.82) is 0 Å². The Balaban J connectivity index is 1.81. The lowest BCUT2D eigenvalue weighted by Gasteiger charge is -2.40. The first-order valence-corrected chi connectivity index (χ1v) is 7.93. The number of amides is 1. The predicted octanol–water partition coefficient (Wildman–Crippen LogP) is 2.50. The van der Waals surface area contributed by atoms with E-state index in [9.17, 15) is 9.90 Å². The fourth-order valence-corrected chi connectivity index (χ4v) is 3.25. The van der Waals surface area contributed by atoms with Crippen molar-refractivity contribution in [1.82, 2.24) is 15.1 Å². The second kappa shape index (κ2) is 5.72. The number of nitrogens with one attached hydrogen (secondary N) is 1. The van der Waals surface area contributed by atoms with Gasteiger partial charge in [0.25, 0.3) is 5.91 Å². The summed E-state index contributed by atoms with van der Waals surface area (Å²) in [5, 5.41) is 17.6. The Morgan fingerprint density at radius 2 is 2.14 bits per heavy atom. The van der Waals surface area contributed by atoms with Gasteiger partial charge in [0.15, 0.2) is 5.69 Å². The van der Waals surface area contributed by atoms with Crippen molar-refractivity contribution in [3.8, 4) is 0 Å². The molecule has 1 aliphatic rings. The van der Waals surface area contributed by atoms with Crippen LogP contribution in [-0.4, -0.2) is 45.8 Å². The van der Waals surface area contributed by atoms with E-state index in [4.69, 9.17) is 0 Å². The zero-order chi connectivity index (χ0) is 15.7. The Bertz CT molecular complexity index is 678. The number of H-pyrrole nitrogens is 1. The molecule has 0 saturated carbocycles. The number of aryl methyl sites for hydroxylation is 1. The topological polar surface area (TPSA) is 69.2 Å². The molecule has 5 nitrogen and oxygen atoms in total. The molecule has 1 saturated heterocycles.